The van der Waals surface area contributed by atoms with E-state index in [-0.39, 0.29) is 10.9 Å². The minimum atomic E-state index is -3.21. The van der Waals surface area contributed by atoms with Gasteiger partial charge in [-0.1, -0.05) is 29.3 Å². The highest BCUT2D eigenvalue weighted by atomic mass is 35.5. The maximum Gasteiger partial charge on any atom is 0.255 e. The van der Waals surface area contributed by atoms with Crippen molar-refractivity contribution in [2.45, 2.75) is 0 Å². The zero-order chi connectivity index (χ0) is 14.9. The molecule has 0 aromatic heterocycles. The molecular weight excluding hydrogens is 323 g/mol. The van der Waals surface area contributed by atoms with Crippen LogP contribution in [-0.2, 0) is 10.0 Å². The molecule has 8 heteroatoms. The summed E-state index contributed by atoms with van der Waals surface area (Å²) in [5.41, 5.74) is 0.340. The number of carbonyl (C=O) groups is 1. The average Bonchev–Trinajstić information content (AvgIpc) is 2.40. The predicted molar refractivity (Wildman–Crippen MR) is 78.8 cm³/mol. The minimum Gasteiger partial charge on any atom is -0.336 e. The van der Waals surface area contributed by atoms with Gasteiger partial charge in [0, 0.05) is 26.2 Å². The van der Waals surface area contributed by atoms with Crippen LogP contribution in [0.1, 0.15) is 10.4 Å². The number of carbonyl (C=O) groups excluding carboxylic acids is 1. The lowest BCUT2D eigenvalue weighted by molar-refractivity contribution is 0.0698. The number of benzene rings is 1. The van der Waals surface area contributed by atoms with E-state index in [9.17, 15) is 13.2 Å². The summed E-state index contributed by atoms with van der Waals surface area (Å²) in [5.74, 6) is -0.231. The van der Waals surface area contributed by atoms with Gasteiger partial charge in [0.15, 0.2) is 0 Å². The number of rotatable bonds is 2. The van der Waals surface area contributed by atoms with Crippen molar-refractivity contribution in [3.8, 4) is 0 Å². The van der Waals surface area contributed by atoms with Crippen molar-refractivity contribution in [1.82, 2.24) is 9.21 Å². The van der Waals surface area contributed by atoms with Crippen molar-refractivity contribution in [3.63, 3.8) is 0 Å². The van der Waals surface area contributed by atoms with E-state index in [2.05, 4.69) is 0 Å². The van der Waals surface area contributed by atoms with Gasteiger partial charge in [0.2, 0.25) is 10.0 Å². The molecule has 1 amide bonds. The number of hydrogen-bond donors (Lipinski definition) is 0. The molecule has 0 unspecified atom stereocenters. The molecule has 0 spiro atoms. The third kappa shape index (κ3) is 3.25. The maximum absolute atomic E-state index is 12.3. The normalized spacial score (nSPS) is 17.2. The highest BCUT2D eigenvalue weighted by molar-refractivity contribution is 7.88. The SMILES string of the molecule is CS(=O)(=O)N1CCN(C(=O)c2cccc(Cl)c2Cl)CC1. The lowest BCUT2D eigenvalue weighted by atomic mass is 10.2. The van der Waals surface area contributed by atoms with E-state index in [1.54, 1.807) is 23.1 Å². The van der Waals surface area contributed by atoms with Crippen LogP contribution in [0.15, 0.2) is 18.2 Å². The van der Waals surface area contributed by atoms with Crippen molar-refractivity contribution < 1.29 is 13.2 Å². The van der Waals surface area contributed by atoms with Crippen LogP contribution in [0.2, 0.25) is 10.0 Å². The molecule has 1 saturated heterocycles. The zero-order valence-corrected chi connectivity index (χ0v) is 13.2. The number of sulfonamides is 1. The molecule has 5 nitrogen and oxygen atoms in total. The Hall–Kier alpha value is -0.820. The number of piperazine rings is 1. The molecule has 1 aliphatic rings. The lowest BCUT2D eigenvalue weighted by Crippen LogP contribution is -2.50. The van der Waals surface area contributed by atoms with E-state index in [1.807, 2.05) is 0 Å². The quantitative estimate of drug-likeness (QED) is 0.826. The van der Waals surface area contributed by atoms with Crippen LogP contribution in [0.4, 0.5) is 0 Å². The van der Waals surface area contributed by atoms with E-state index < -0.39 is 10.0 Å². The molecule has 2 rings (SSSR count). The smallest absolute Gasteiger partial charge is 0.255 e. The van der Waals surface area contributed by atoms with Crippen LogP contribution in [-0.4, -0.2) is 56.0 Å². The fraction of sp³-hybridized carbons (Fsp3) is 0.417. The second-order valence-corrected chi connectivity index (χ2v) is 7.32. The first-order valence-electron chi connectivity index (χ1n) is 5.99. The molecule has 0 radical (unpaired) electrons. The Labute approximate surface area is 128 Å². The molecule has 1 aromatic rings. The van der Waals surface area contributed by atoms with Crippen LogP contribution >= 0.6 is 23.2 Å². The lowest BCUT2D eigenvalue weighted by Gasteiger charge is -2.33. The van der Waals surface area contributed by atoms with Gasteiger partial charge in [-0.2, -0.15) is 4.31 Å². The molecule has 1 heterocycles. The third-order valence-electron chi connectivity index (χ3n) is 3.18. The molecule has 20 heavy (non-hydrogen) atoms. The van der Waals surface area contributed by atoms with E-state index in [0.29, 0.717) is 36.8 Å². The number of hydrogen-bond acceptors (Lipinski definition) is 3. The minimum absolute atomic E-state index is 0.227. The Morgan fingerprint density at radius 2 is 1.75 bits per heavy atom. The summed E-state index contributed by atoms with van der Waals surface area (Å²) < 4.78 is 24.2. The molecule has 1 aromatic carbocycles. The second-order valence-electron chi connectivity index (χ2n) is 4.56. The summed E-state index contributed by atoms with van der Waals surface area (Å²) in [6.45, 7) is 1.27. The standard InChI is InChI=1S/C12H14Cl2N2O3S/c1-20(18,19)16-7-5-15(6-8-16)12(17)9-3-2-4-10(13)11(9)14/h2-4H,5-8H2,1H3. The fourth-order valence-electron chi connectivity index (χ4n) is 2.06. The highest BCUT2D eigenvalue weighted by Crippen LogP contribution is 2.26. The van der Waals surface area contributed by atoms with Gasteiger partial charge in [-0.25, -0.2) is 8.42 Å². The molecule has 0 atom stereocenters. The van der Waals surface area contributed by atoms with Gasteiger partial charge in [-0.15, -0.1) is 0 Å². The van der Waals surface area contributed by atoms with E-state index in [1.165, 1.54) is 4.31 Å². The van der Waals surface area contributed by atoms with Crippen molar-refractivity contribution in [2.24, 2.45) is 0 Å². The molecule has 1 aliphatic heterocycles. The second kappa shape index (κ2) is 5.89. The maximum atomic E-state index is 12.3. The van der Waals surface area contributed by atoms with Gasteiger partial charge in [0.25, 0.3) is 5.91 Å². The largest absolute Gasteiger partial charge is 0.336 e. The first-order valence-corrected chi connectivity index (χ1v) is 8.59. The first-order chi connectivity index (χ1) is 9.30. The van der Waals surface area contributed by atoms with Gasteiger partial charge in [0.1, 0.15) is 0 Å². The van der Waals surface area contributed by atoms with Gasteiger partial charge in [-0.3, -0.25) is 4.79 Å². The van der Waals surface area contributed by atoms with E-state index >= 15 is 0 Å². The number of nitrogens with zero attached hydrogens (tertiary/aromatic N) is 2. The summed E-state index contributed by atoms with van der Waals surface area (Å²) in [5, 5.41) is 0.553. The van der Waals surface area contributed by atoms with Crippen LogP contribution in [0.25, 0.3) is 0 Å². The molecule has 0 aliphatic carbocycles. The van der Waals surface area contributed by atoms with Gasteiger partial charge < -0.3 is 4.90 Å². The molecule has 1 fully saturated rings. The summed E-state index contributed by atoms with van der Waals surface area (Å²) in [7, 11) is -3.21. The molecule has 0 N–H and O–H groups in total. The van der Waals surface area contributed by atoms with Gasteiger partial charge in [-0.05, 0) is 12.1 Å². The summed E-state index contributed by atoms with van der Waals surface area (Å²) in [4.78, 5) is 13.9. The van der Waals surface area contributed by atoms with Gasteiger partial charge >= 0.3 is 0 Å². The monoisotopic (exact) mass is 336 g/mol. The van der Waals surface area contributed by atoms with Crippen LogP contribution < -0.4 is 0 Å². The zero-order valence-electron chi connectivity index (χ0n) is 10.8. The third-order valence-corrected chi connectivity index (χ3v) is 5.30. The Bertz CT molecular complexity index is 626. The summed E-state index contributed by atoms with van der Waals surface area (Å²) in [6.07, 6.45) is 1.16. The van der Waals surface area contributed by atoms with Crippen LogP contribution in [0.5, 0.6) is 0 Å². The summed E-state index contributed by atoms with van der Waals surface area (Å²) in [6, 6.07) is 4.88. The summed E-state index contributed by atoms with van der Waals surface area (Å²) >= 11 is 11.9. The molecular formula is C12H14Cl2N2O3S. The van der Waals surface area contributed by atoms with Crippen molar-refractivity contribution in [2.75, 3.05) is 32.4 Å². The van der Waals surface area contributed by atoms with Crippen molar-refractivity contribution in [3.05, 3.63) is 33.8 Å². The fourth-order valence-corrected chi connectivity index (χ4v) is 3.27. The van der Waals surface area contributed by atoms with Gasteiger partial charge in [0.05, 0.1) is 21.9 Å². The van der Waals surface area contributed by atoms with E-state index in [4.69, 9.17) is 23.2 Å². The predicted octanol–water partition coefficient (Wildman–Crippen LogP) is 1.71. The van der Waals surface area contributed by atoms with Crippen LogP contribution in [0.3, 0.4) is 0 Å². The Morgan fingerprint density at radius 1 is 1.15 bits per heavy atom. The highest BCUT2D eigenvalue weighted by Gasteiger charge is 2.27. The van der Waals surface area contributed by atoms with E-state index in [0.717, 1.165) is 6.26 Å². The molecule has 0 bridgehead atoms. The molecule has 110 valence electrons. The number of halogens is 2. The topological polar surface area (TPSA) is 57.7 Å². The van der Waals surface area contributed by atoms with Crippen LogP contribution in [0, 0.1) is 0 Å². The average molecular weight is 337 g/mol. The molecule has 0 saturated carbocycles. The number of amides is 1. The Morgan fingerprint density at radius 3 is 2.30 bits per heavy atom. The Kier molecular flexibility index (Phi) is 4.59. The first kappa shape index (κ1) is 15.6. The van der Waals surface area contributed by atoms with Crippen molar-refractivity contribution in [1.29, 1.82) is 0 Å². The van der Waals surface area contributed by atoms with Crippen molar-refractivity contribution >= 4 is 39.1 Å². The Balaban J connectivity index is 2.11.